The second-order valence-corrected chi connectivity index (χ2v) is 4.93. The summed E-state index contributed by atoms with van der Waals surface area (Å²) in [6.45, 7) is 1.37. The summed E-state index contributed by atoms with van der Waals surface area (Å²) in [6, 6.07) is 0.625. The number of carbonyl (C=O) groups is 1. The maximum atomic E-state index is 12.0. The molecule has 0 bridgehead atoms. The van der Waals surface area contributed by atoms with E-state index in [-0.39, 0.29) is 18.6 Å². The van der Waals surface area contributed by atoms with Gasteiger partial charge in [-0.25, -0.2) is 0 Å². The van der Waals surface area contributed by atoms with E-state index in [4.69, 9.17) is 0 Å². The zero-order valence-electron chi connectivity index (χ0n) is 9.82. The SMILES string of the molecule is O=C(CNC1CC1)N1CCCCCC1CO. The van der Waals surface area contributed by atoms with Crippen molar-refractivity contribution in [1.29, 1.82) is 0 Å². The Morgan fingerprint density at radius 3 is 2.75 bits per heavy atom. The Morgan fingerprint density at radius 1 is 1.25 bits per heavy atom. The van der Waals surface area contributed by atoms with Crippen LogP contribution in [0.5, 0.6) is 0 Å². The van der Waals surface area contributed by atoms with Crippen molar-refractivity contribution in [2.24, 2.45) is 0 Å². The maximum absolute atomic E-state index is 12.0. The molecule has 0 aromatic carbocycles. The smallest absolute Gasteiger partial charge is 0.236 e. The largest absolute Gasteiger partial charge is 0.394 e. The third-order valence-corrected chi connectivity index (χ3v) is 3.53. The van der Waals surface area contributed by atoms with Crippen LogP contribution in [-0.2, 0) is 4.79 Å². The van der Waals surface area contributed by atoms with E-state index >= 15 is 0 Å². The summed E-state index contributed by atoms with van der Waals surface area (Å²) in [5.74, 6) is 0.160. The molecule has 0 aromatic heterocycles. The number of amides is 1. The van der Waals surface area contributed by atoms with Gasteiger partial charge in [0.15, 0.2) is 0 Å². The van der Waals surface area contributed by atoms with E-state index in [1.54, 1.807) is 0 Å². The molecule has 1 aliphatic heterocycles. The minimum absolute atomic E-state index is 0.0519. The second kappa shape index (κ2) is 5.64. The molecule has 92 valence electrons. The van der Waals surface area contributed by atoms with Crippen LogP contribution in [0.15, 0.2) is 0 Å². The van der Waals surface area contributed by atoms with E-state index < -0.39 is 0 Å². The highest BCUT2D eigenvalue weighted by Gasteiger charge is 2.27. The summed E-state index contributed by atoms with van der Waals surface area (Å²) in [4.78, 5) is 13.9. The van der Waals surface area contributed by atoms with Gasteiger partial charge in [0.2, 0.25) is 5.91 Å². The van der Waals surface area contributed by atoms with Crippen LogP contribution < -0.4 is 5.32 Å². The molecule has 4 heteroatoms. The molecule has 1 unspecified atom stereocenters. The fraction of sp³-hybridized carbons (Fsp3) is 0.917. The van der Waals surface area contributed by atoms with Gasteiger partial charge in [-0.3, -0.25) is 4.79 Å². The molecule has 2 aliphatic rings. The van der Waals surface area contributed by atoms with Crippen LogP contribution in [0, 0.1) is 0 Å². The lowest BCUT2D eigenvalue weighted by atomic mass is 10.1. The van der Waals surface area contributed by atoms with E-state index in [2.05, 4.69) is 5.32 Å². The van der Waals surface area contributed by atoms with Crippen LogP contribution in [0.2, 0.25) is 0 Å². The molecule has 1 amide bonds. The van der Waals surface area contributed by atoms with Crippen molar-refractivity contribution in [1.82, 2.24) is 10.2 Å². The van der Waals surface area contributed by atoms with Crippen molar-refractivity contribution in [3.8, 4) is 0 Å². The van der Waals surface area contributed by atoms with Crippen molar-refractivity contribution in [2.45, 2.75) is 50.6 Å². The minimum Gasteiger partial charge on any atom is -0.394 e. The molecule has 1 aliphatic carbocycles. The first-order valence-corrected chi connectivity index (χ1v) is 6.45. The Hall–Kier alpha value is -0.610. The molecule has 2 N–H and O–H groups in total. The molecular weight excluding hydrogens is 204 g/mol. The number of hydrogen-bond donors (Lipinski definition) is 2. The Morgan fingerprint density at radius 2 is 2.06 bits per heavy atom. The van der Waals surface area contributed by atoms with Gasteiger partial charge < -0.3 is 15.3 Å². The molecule has 1 saturated carbocycles. The van der Waals surface area contributed by atoms with Crippen LogP contribution in [0.4, 0.5) is 0 Å². The molecule has 1 saturated heterocycles. The van der Waals surface area contributed by atoms with Crippen LogP contribution in [0.25, 0.3) is 0 Å². The highest BCUT2D eigenvalue weighted by atomic mass is 16.3. The van der Waals surface area contributed by atoms with E-state index in [0.29, 0.717) is 12.6 Å². The van der Waals surface area contributed by atoms with Crippen molar-refractivity contribution < 1.29 is 9.90 Å². The van der Waals surface area contributed by atoms with E-state index in [9.17, 15) is 9.90 Å². The van der Waals surface area contributed by atoms with Gasteiger partial charge in [0.1, 0.15) is 0 Å². The number of nitrogens with one attached hydrogen (secondary N) is 1. The Kier molecular flexibility index (Phi) is 4.18. The standard InChI is InChI=1S/C12H22N2O2/c15-9-11-4-2-1-3-7-14(11)12(16)8-13-10-5-6-10/h10-11,13,15H,1-9H2. The number of carbonyl (C=O) groups excluding carboxylic acids is 1. The Bertz CT molecular complexity index is 241. The van der Waals surface area contributed by atoms with Crippen molar-refractivity contribution in [2.75, 3.05) is 19.7 Å². The molecule has 0 radical (unpaired) electrons. The second-order valence-electron chi connectivity index (χ2n) is 4.93. The van der Waals surface area contributed by atoms with Gasteiger partial charge in [0.25, 0.3) is 0 Å². The molecular formula is C12H22N2O2. The molecule has 4 nitrogen and oxygen atoms in total. The summed E-state index contributed by atoms with van der Waals surface area (Å²) < 4.78 is 0. The van der Waals surface area contributed by atoms with E-state index in [1.165, 1.54) is 19.3 Å². The number of nitrogens with zero attached hydrogens (tertiary/aromatic N) is 1. The first-order valence-electron chi connectivity index (χ1n) is 6.45. The Balaban J connectivity index is 1.84. The van der Waals surface area contributed by atoms with Gasteiger partial charge in [-0.05, 0) is 25.7 Å². The fourth-order valence-corrected chi connectivity index (χ4v) is 2.32. The van der Waals surface area contributed by atoms with Gasteiger partial charge in [0.05, 0.1) is 19.2 Å². The lowest BCUT2D eigenvalue weighted by Gasteiger charge is -2.28. The van der Waals surface area contributed by atoms with Gasteiger partial charge in [-0.15, -0.1) is 0 Å². The zero-order chi connectivity index (χ0) is 11.4. The predicted octanol–water partition coefficient (Wildman–Crippen LogP) is 0.502. The molecule has 1 heterocycles. The number of hydrogen-bond acceptors (Lipinski definition) is 3. The third-order valence-electron chi connectivity index (χ3n) is 3.53. The molecule has 2 fully saturated rings. The summed E-state index contributed by atoms with van der Waals surface area (Å²) in [7, 11) is 0. The predicted molar refractivity (Wildman–Crippen MR) is 62.1 cm³/mol. The molecule has 0 spiro atoms. The quantitative estimate of drug-likeness (QED) is 0.734. The summed E-state index contributed by atoms with van der Waals surface area (Å²) >= 11 is 0. The summed E-state index contributed by atoms with van der Waals surface area (Å²) in [5, 5.41) is 12.6. The lowest BCUT2D eigenvalue weighted by Crippen LogP contribution is -2.46. The number of aliphatic hydroxyl groups excluding tert-OH is 1. The Labute approximate surface area is 97.0 Å². The molecule has 0 aromatic rings. The van der Waals surface area contributed by atoms with Gasteiger partial charge in [-0.1, -0.05) is 12.8 Å². The normalized spacial score (nSPS) is 26.6. The maximum Gasteiger partial charge on any atom is 0.236 e. The van der Waals surface area contributed by atoms with Crippen molar-refractivity contribution in [3.63, 3.8) is 0 Å². The van der Waals surface area contributed by atoms with Gasteiger partial charge in [-0.2, -0.15) is 0 Å². The summed E-state index contributed by atoms with van der Waals surface area (Å²) in [6.07, 6.45) is 6.74. The number of rotatable bonds is 4. The number of likely N-dealkylation sites (tertiary alicyclic amines) is 1. The zero-order valence-corrected chi connectivity index (χ0v) is 9.82. The topological polar surface area (TPSA) is 52.6 Å². The van der Waals surface area contributed by atoms with Crippen molar-refractivity contribution in [3.05, 3.63) is 0 Å². The highest BCUT2D eigenvalue weighted by Crippen LogP contribution is 2.19. The molecule has 16 heavy (non-hydrogen) atoms. The lowest BCUT2D eigenvalue weighted by molar-refractivity contribution is -0.133. The minimum atomic E-state index is 0.0519. The van der Waals surface area contributed by atoms with Crippen LogP contribution >= 0.6 is 0 Å². The number of aliphatic hydroxyl groups is 1. The van der Waals surface area contributed by atoms with Crippen molar-refractivity contribution >= 4 is 5.91 Å². The van der Waals surface area contributed by atoms with E-state index in [0.717, 1.165) is 25.8 Å². The molecule has 1 atom stereocenters. The van der Waals surface area contributed by atoms with Gasteiger partial charge >= 0.3 is 0 Å². The first kappa shape index (κ1) is 11.9. The average Bonchev–Trinajstić information content (AvgIpc) is 3.12. The first-order chi connectivity index (χ1) is 7.81. The van der Waals surface area contributed by atoms with E-state index in [1.807, 2.05) is 4.90 Å². The van der Waals surface area contributed by atoms with Gasteiger partial charge in [0, 0.05) is 12.6 Å². The fourth-order valence-electron chi connectivity index (χ4n) is 2.32. The molecule has 2 rings (SSSR count). The van der Waals surface area contributed by atoms with Crippen LogP contribution in [0.3, 0.4) is 0 Å². The van der Waals surface area contributed by atoms with Crippen LogP contribution in [-0.4, -0.2) is 47.7 Å². The third kappa shape index (κ3) is 3.19. The highest BCUT2D eigenvalue weighted by molar-refractivity contribution is 5.78. The average molecular weight is 226 g/mol. The van der Waals surface area contributed by atoms with Crippen LogP contribution in [0.1, 0.15) is 38.5 Å². The summed E-state index contributed by atoms with van der Waals surface area (Å²) in [5.41, 5.74) is 0. The monoisotopic (exact) mass is 226 g/mol.